The summed E-state index contributed by atoms with van der Waals surface area (Å²) in [5, 5.41) is 17.7. The van der Waals surface area contributed by atoms with Crippen LogP contribution in [0.4, 0.5) is 4.39 Å². The number of benzene rings is 1. The molecule has 0 aromatic heterocycles. The molecule has 0 spiro atoms. The zero-order valence-electron chi connectivity index (χ0n) is 11.0. The quantitative estimate of drug-likeness (QED) is 0.884. The van der Waals surface area contributed by atoms with Crippen molar-refractivity contribution < 1.29 is 22.7 Å². The van der Waals surface area contributed by atoms with Crippen LogP contribution in [0.3, 0.4) is 0 Å². The van der Waals surface area contributed by atoms with Gasteiger partial charge in [0.15, 0.2) is 0 Å². The topological polar surface area (TPSA) is 98.5 Å². The van der Waals surface area contributed by atoms with Crippen LogP contribution in [0, 0.1) is 17.1 Å². The summed E-state index contributed by atoms with van der Waals surface area (Å²) < 4.78 is 39.2. The van der Waals surface area contributed by atoms with Crippen molar-refractivity contribution in [2.45, 2.75) is 30.2 Å². The smallest absolute Gasteiger partial charge is 0.318 e. The number of carbonyl (C=O) groups is 1. The molecule has 0 bridgehead atoms. The molecule has 0 saturated heterocycles. The third-order valence-corrected chi connectivity index (χ3v) is 5.33. The molecule has 1 saturated carbocycles. The molecule has 0 aliphatic heterocycles. The molecule has 2 rings (SSSR count). The molecule has 1 aliphatic carbocycles. The first-order chi connectivity index (χ1) is 9.86. The number of nitriles is 1. The van der Waals surface area contributed by atoms with Crippen molar-refractivity contribution in [3.05, 3.63) is 29.6 Å². The molecule has 1 N–H and O–H groups in total. The van der Waals surface area contributed by atoms with E-state index in [1.807, 2.05) is 0 Å². The van der Waals surface area contributed by atoms with Gasteiger partial charge in [-0.1, -0.05) is 6.42 Å². The molecule has 1 aromatic rings. The predicted octanol–water partition coefficient (Wildman–Crippen LogP) is 1.33. The first-order valence-corrected chi connectivity index (χ1v) is 7.73. The second-order valence-electron chi connectivity index (χ2n) is 4.78. The third-order valence-electron chi connectivity index (χ3n) is 3.44. The van der Waals surface area contributed by atoms with Gasteiger partial charge in [-0.05, 0) is 31.0 Å². The Bertz CT molecular complexity index is 707. The summed E-state index contributed by atoms with van der Waals surface area (Å²) >= 11 is 0. The van der Waals surface area contributed by atoms with Crippen molar-refractivity contribution in [2.24, 2.45) is 0 Å². The highest BCUT2D eigenvalue weighted by atomic mass is 32.2. The van der Waals surface area contributed by atoms with Crippen molar-refractivity contribution in [3.63, 3.8) is 0 Å². The van der Waals surface area contributed by atoms with Crippen LogP contribution in [0.5, 0.6) is 0 Å². The van der Waals surface area contributed by atoms with Gasteiger partial charge in [-0.25, -0.2) is 12.8 Å². The fraction of sp³-hybridized carbons (Fsp3) is 0.385. The summed E-state index contributed by atoms with van der Waals surface area (Å²) in [6.45, 7) is -0.647. The lowest BCUT2D eigenvalue weighted by molar-refractivity contribution is -0.137. The zero-order valence-corrected chi connectivity index (χ0v) is 11.8. The van der Waals surface area contributed by atoms with Crippen LogP contribution in [0.1, 0.15) is 24.8 Å². The Morgan fingerprint density at radius 2 is 2.14 bits per heavy atom. The van der Waals surface area contributed by atoms with Gasteiger partial charge in [-0.3, -0.25) is 4.79 Å². The maximum Gasteiger partial charge on any atom is 0.318 e. The lowest BCUT2D eigenvalue weighted by Gasteiger charge is -2.35. The maximum atomic E-state index is 13.3. The molecular formula is C13H13FN2O4S. The SMILES string of the molecule is N#Cc1cc(S(=O)(=O)N(CC(=O)O)C2CCC2)ccc1F. The molecule has 0 radical (unpaired) electrons. The number of aliphatic carboxylic acids is 1. The monoisotopic (exact) mass is 312 g/mol. The number of hydrogen-bond donors (Lipinski definition) is 1. The predicted molar refractivity (Wildman–Crippen MR) is 70.3 cm³/mol. The highest BCUT2D eigenvalue weighted by Crippen LogP contribution is 2.30. The molecule has 0 atom stereocenters. The van der Waals surface area contributed by atoms with Crippen molar-refractivity contribution in [1.29, 1.82) is 5.26 Å². The van der Waals surface area contributed by atoms with Crippen LogP contribution in [-0.4, -0.2) is 36.4 Å². The number of hydrogen-bond acceptors (Lipinski definition) is 4. The number of sulfonamides is 1. The van der Waals surface area contributed by atoms with E-state index in [0.717, 1.165) is 28.9 Å². The molecule has 0 amide bonds. The zero-order chi connectivity index (χ0) is 15.6. The van der Waals surface area contributed by atoms with Gasteiger partial charge in [0.05, 0.1) is 10.5 Å². The highest BCUT2D eigenvalue weighted by Gasteiger charge is 2.36. The van der Waals surface area contributed by atoms with E-state index in [1.165, 1.54) is 0 Å². The molecular weight excluding hydrogens is 299 g/mol. The summed E-state index contributed by atoms with van der Waals surface area (Å²) in [6.07, 6.45) is 2.03. The summed E-state index contributed by atoms with van der Waals surface area (Å²) in [5.41, 5.74) is -0.389. The number of halogens is 1. The van der Waals surface area contributed by atoms with Crippen LogP contribution >= 0.6 is 0 Å². The first kappa shape index (κ1) is 15.4. The Morgan fingerprint density at radius 1 is 1.48 bits per heavy atom. The molecule has 6 nitrogen and oxygen atoms in total. The van der Waals surface area contributed by atoms with E-state index in [4.69, 9.17) is 10.4 Å². The molecule has 0 unspecified atom stereocenters. The Morgan fingerprint density at radius 3 is 2.62 bits per heavy atom. The fourth-order valence-electron chi connectivity index (χ4n) is 2.10. The fourth-order valence-corrected chi connectivity index (χ4v) is 3.77. The number of nitrogens with zero attached hydrogens (tertiary/aromatic N) is 2. The number of carboxylic acid groups (broad SMARTS) is 1. The first-order valence-electron chi connectivity index (χ1n) is 6.29. The third kappa shape index (κ3) is 3.04. The van der Waals surface area contributed by atoms with E-state index in [9.17, 15) is 17.6 Å². The molecule has 1 aliphatic rings. The minimum absolute atomic E-state index is 0.270. The normalized spacial score (nSPS) is 15.5. The van der Waals surface area contributed by atoms with Crippen LogP contribution in [0.15, 0.2) is 23.1 Å². The van der Waals surface area contributed by atoms with Crippen LogP contribution in [0.25, 0.3) is 0 Å². The minimum Gasteiger partial charge on any atom is -0.480 e. The van der Waals surface area contributed by atoms with Gasteiger partial charge in [-0.2, -0.15) is 9.57 Å². The second kappa shape index (κ2) is 5.79. The van der Waals surface area contributed by atoms with E-state index in [1.54, 1.807) is 6.07 Å². The average molecular weight is 312 g/mol. The van der Waals surface area contributed by atoms with Gasteiger partial charge in [0.25, 0.3) is 0 Å². The largest absolute Gasteiger partial charge is 0.480 e. The van der Waals surface area contributed by atoms with Crippen molar-refractivity contribution in [1.82, 2.24) is 4.31 Å². The van der Waals surface area contributed by atoms with Gasteiger partial charge in [-0.15, -0.1) is 0 Å². The number of rotatable bonds is 5. The molecule has 112 valence electrons. The van der Waals surface area contributed by atoms with E-state index < -0.39 is 28.4 Å². The second-order valence-corrected chi connectivity index (χ2v) is 6.67. The summed E-state index contributed by atoms with van der Waals surface area (Å²) in [7, 11) is -4.07. The molecule has 0 heterocycles. The Labute approximate surface area is 121 Å². The van der Waals surface area contributed by atoms with Crippen LogP contribution in [-0.2, 0) is 14.8 Å². The summed E-state index contributed by atoms with van der Waals surface area (Å²) in [6, 6.07) is 4.07. The van der Waals surface area contributed by atoms with Gasteiger partial charge in [0.1, 0.15) is 18.4 Å². The lowest BCUT2D eigenvalue weighted by atomic mass is 9.93. The molecule has 1 aromatic carbocycles. The van der Waals surface area contributed by atoms with E-state index in [2.05, 4.69) is 0 Å². The van der Waals surface area contributed by atoms with Crippen LogP contribution in [0.2, 0.25) is 0 Å². The maximum absolute atomic E-state index is 13.3. The summed E-state index contributed by atoms with van der Waals surface area (Å²) in [5.74, 6) is -2.07. The van der Waals surface area contributed by atoms with E-state index in [-0.39, 0.29) is 16.5 Å². The average Bonchev–Trinajstić information content (AvgIpc) is 2.35. The molecule has 21 heavy (non-hydrogen) atoms. The van der Waals surface area contributed by atoms with Gasteiger partial charge in [0, 0.05) is 6.04 Å². The van der Waals surface area contributed by atoms with E-state index in [0.29, 0.717) is 12.8 Å². The van der Waals surface area contributed by atoms with Crippen molar-refractivity contribution in [3.8, 4) is 6.07 Å². The Kier molecular flexibility index (Phi) is 4.25. The van der Waals surface area contributed by atoms with E-state index >= 15 is 0 Å². The standard InChI is InChI=1S/C13H13FN2O4S/c14-12-5-4-11(6-9(12)7-15)21(19,20)16(8-13(17)18)10-2-1-3-10/h4-6,10H,1-3,8H2,(H,17,18). The summed E-state index contributed by atoms with van der Waals surface area (Å²) in [4.78, 5) is 10.6. The lowest BCUT2D eigenvalue weighted by Crippen LogP contribution is -2.46. The van der Waals surface area contributed by atoms with Crippen molar-refractivity contribution >= 4 is 16.0 Å². The highest BCUT2D eigenvalue weighted by molar-refractivity contribution is 7.89. The Balaban J connectivity index is 2.42. The molecule has 8 heteroatoms. The van der Waals surface area contributed by atoms with Crippen LogP contribution < -0.4 is 0 Å². The molecule has 1 fully saturated rings. The Hall–Kier alpha value is -1.98. The van der Waals surface area contributed by atoms with Gasteiger partial charge in [0.2, 0.25) is 10.0 Å². The minimum atomic E-state index is -4.07. The van der Waals surface area contributed by atoms with Gasteiger partial charge < -0.3 is 5.11 Å². The number of carboxylic acids is 1. The van der Waals surface area contributed by atoms with Crippen molar-refractivity contribution in [2.75, 3.05) is 6.54 Å². The van der Waals surface area contributed by atoms with Gasteiger partial charge >= 0.3 is 5.97 Å².